The largest absolute Gasteiger partial charge is 0.416 e. The number of pyridine rings is 1. The van der Waals surface area contributed by atoms with E-state index in [0.29, 0.717) is 61.9 Å². The van der Waals surface area contributed by atoms with E-state index in [1.807, 2.05) is 6.07 Å². The van der Waals surface area contributed by atoms with Gasteiger partial charge in [0.05, 0.1) is 17.3 Å². The van der Waals surface area contributed by atoms with Gasteiger partial charge in [0, 0.05) is 49.1 Å². The molecule has 1 aromatic carbocycles. The Balaban J connectivity index is 1.44. The van der Waals surface area contributed by atoms with Gasteiger partial charge in [-0.2, -0.15) is 18.3 Å². The van der Waals surface area contributed by atoms with E-state index in [1.165, 1.54) is 18.3 Å². The van der Waals surface area contributed by atoms with Gasteiger partial charge in [0.2, 0.25) is 5.91 Å². The van der Waals surface area contributed by atoms with Crippen LogP contribution in [0, 0.1) is 0 Å². The number of rotatable bonds is 3. The summed E-state index contributed by atoms with van der Waals surface area (Å²) in [5.74, 6) is -0.358. The molecule has 5 rings (SSSR count). The Kier molecular flexibility index (Phi) is 5.34. The third-order valence-corrected chi connectivity index (χ3v) is 6.79. The number of piperazine rings is 1. The molecular weight excluding hydrogens is 431 g/mol. The molecule has 1 aliphatic heterocycles. The molecule has 6 nitrogen and oxygen atoms in total. The van der Waals surface area contributed by atoms with Crippen molar-refractivity contribution < 1.29 is 18.0 Å². The molecule has 3 heterocycles. The van der Waals surface area contributed by atoms with E-state index in [1.54, 1.807) is 11.1 Å². The fourth-order valence-corrected chi connectivity index (χ4v) is 5.19. The normalized spacial score (nSPS) is 18.9. The SMILES string of the molecule is C=CC(=O)N1CCN(c2ccnc3c2CCC(c2c(C(F)(F)F)ccc4[nH]ncc24)C3)CC1. The van der Waals surface area contributed by atoms with Gasteiger partial charge in [0.1, 0.15) is 0 Å². The predicted octanol–water partition coefficient (Wildman–Crippen LogP) is 4.08. The molecule has 0 spiro atoms. The Labute approximate surface area is 189 Å². The highest BCUT2D eigenvalue weighted by atomic mass is 19.4. The van der Waals surface area contributed by atoms with Crippen molar-refractivity contribution in [3.05, 3.63) is 65.6 Å². The zero-order valence-corrected chi connectivity index (χ0v) is 18.0. The maximum Gasteiger partial charge on any atom is 0.416 e. The van der Waals surface area contributed by atoms with Crippen molar-refractivity contribution in [2.45, 2.75) is 31.4 Å². The molecule has 9 heteroatoms. The molecule has 2 aliphatic rings. The van der Waals surface area contributed by atoms with Crippen LogP contribution in [0.5, 0.6) is 0 Å². The number of carbonyl (C=O) groups excluding carboxylic acids is 1. The molecule has 1 N–H and O–H groups in total. The smallest absolute Gasteiger partial charge is 0.368 e. The van der Waals surface area contributed by atoms with E-state index in [2.05, 4.69) is 26.7 Å². The zero-order valence-electron chi connectivity index (χ0n) is 18.0. The number of benzene rings is 1. The number of H-pyrrole nitrogens is 1. The Morgan fingerprint density at radius 3 is 2.70 bits per heavy atom. The molecule has 0 radical (unpaired) electrons. The average Bonchev–Trinajstić information content (AvgIpc) is 3.31. The van der Waals surface area contributed by atoms with Crippen molar-refractivity contribution >= 4 is 22.5 Å². The summed E-state index contributed by atoms with van der Waals surface area (Å²) >= 11 is 0. The number of carbonyl (C=O) groups is 1. The number of fused-ring (bicyclic) bond motifs is 2. The first-order valence-electron chi connectivity index (χ1n) is 11.0. The first kappa shape index (κ1) is 21.5. The van der Waals surface area contributed by atoms with Crippen LogP contribution in [0.1, 0.15) is 34.7 Å². The second-order valence-electron chi connectivity index (χ2n) is 8.57. The summed E-state index contributed by atoms with van der Waals surface area (Å²) in [5, 5.41) is 7.29. The third kappa shape index (κ3) is 3.85. The molecule has 33 heavy (non-hydrogen) atoms. The molecule has 0 bridgehead atoms. The number of hydrogen-bond donors (Lipinski definition) is 1. The molecule has 0 saturated carbocycles. The van der Waals surface area contributed by atoms with Gasteiger partial charge in [-0.25, -0.2) is 0 Å². The van der Waals surface area contributed by atoms with Gasteiger partial charge in [-0.1, -0.05) is 6.58 Å². The summed E-state index contributed by atoms with van der Waals surface area (Å²) in [6, 6.07) is 4.57. The Bertz CT molecular complexity index is 1210. The minimum absolute atomic E-state index is 0.0665. The Morgan fingerprint density at radius 2 is 1.97 bits per heavy atom. The molecular formula is C24H24F3N5O. The van der Waals surface area contributed by atoms with Crippen LogP contribution in [0.25, 0.3) is 10.9 Å². The monoisotopic (exact) mass is 455 g/mol. The van der Waals surface area contributed by atoms with Crippen molar-refractivity contribution in [2.24, 2.45) is 0 Å². The van der Waals surface area contributed by atoms with Crippen molar-refractivity contribution in [3.8, 4) is 0 Å². The first-order chi connectivity index (χ1) is 15.9. The van der Waals surface area contributed by atoms with Crippen molar-refractivity contribution in [1.29, 1.82) is 0 Å². The molecule has 1 atom stereocenters. The summed E-state index contributed by atoms with van der Waals surface area (Å²) in [4.78, 5) is 20.5. The lowest BCUT2D eigenvalue weighted by atomic mass is 9.79. The fraction of sp³-hybridized carbons (Fsp3) is 0.375. The Morgan fingerprint density at radius 1 is 1.18 bits per heavy atom. The summed E-state index contributed by atoms with van der Waals surface area (Å²) < 4.78 is 41.6. The van der Waals surface area contributed by atoms with Crippen molar-refractivity contribution in [2.75, 3.05) is 31.1 Å². The summed E-state index contributed by atoms with van der Waals surface area (Å²) in [7, 11) is 0. The highest BCUT2D eigenvalue weighted by molar-refractivity contribution is 5.87. The van der Waals surface area contributed by atoms with Gasteiger partial charge in [-0.05, 0) is 60.6 Å². The molecule has 1 fully saturated rings. The van der Waals surface area contributed by atoms with Gasteiger partial charge in [-0.3, -0.25) is 14.9 Å². The zero-order chi connectivity index (χ0) is 23.2. The number of anilines is 1. The maximum atomic E-state index is 13.9. The van der Waals surface area contributed by atoms with Crippen LogP contribution in [0.15, 0.2) is 43.2 Å². The van der Waals surface area contributed by atoms with E-state index in [9.17, 15) is 18.0 Å². The summed E-state index contributed by atoms with van der Waals surface area (Å²) in [6.07, 6.45) is 1.84. The van der Waals surface area contributed by atoms with Crippen LogP contribution in [0.4, 0.5) is 18.9 Å². The topological polar surface area (TPSA) is 65.1 Å². The van der Waals surface area contributed by atoms with Crippen LogP contribution in [0.3, 0.4) is 0 Å². The van der Waals surface area contributed by atoms with Gasteiger partial charge in [-0.15, -0.1) is 0 Å². The molecule has 2 aromatic heterocycles. The lowest BCUT2D eigenvalue weighted by Crippen LogP contribution is -2.48. The van der Waals surface area contributed by atoms with Gasteiger partial charge in [0.25, 0.3) is 0 Å². The second kappa shape index (κ2) is 8.20. The van der Waals surface area contributed by atoms with E-state index >= 15 is 0 Å². The Hall–Kier alpha value is -3.36. The number of hydrogen-bond acceptors (Lipinski definition) is 4. The molecule has 1 amide bonds. The average molecular weight is 455 g/mol. The highest BCUT2D eigenvalue weighted by Gasteiger charge is 2.38. The standard InChI is InChI=1S/C24H24F3N5O/c1-2-22(33)32-11-9-31(10-12-32)21-7-8-28-20-13-15(3-4-16(20)21)23-17-14-29-30-19(17)6-5-18(23)24(25,26)27/h2,5-8,14-15H,1,3-4,9-13H2,(H,29,30). The van der Waals surface area contributed by atoms with E-state index in [0.717, 1.165) is 23.0 Å². The quantitative estimate of drug-likeness (QED) is 0.605. The minimum atomic E-state index is -4.43. The molecule has 1 aliphatic carbocycles. The summed E-state index contributed by atoms with van der Waals surface area (Å²) in [5.41, 5.74) is 3.35. The number of alkyl halides is 3. The fourth-order valence-electron chi connectivity index (χ4n) is 5.19. The van der Waals surface area contributed by atoms with E-state index < -0.39 is 11.7 Å². The summed E-state index contributed by atoms with van der Waals surface area (Å²) in [6.45, 7) is 6.18. The lowest BCUT2D eigenvalue weighted by Gasteiger charge is -2.38. The van der Waals surface area contributed by atoms with Crippen LogP contribution >= 0.6 is 0 Å². The highest BCUT2D eigenvalue weighted by Crippen LogP contribution is 2.44. The van der Waals surface area contributed by atoms with Gasteiger partial charge in [0.15, 0.2) is 0 Å². The van der Waals surface area contributed by atoms with Crippen LogP contribution in [-0.4, -0.2) is 52.2 Å². The molecule has 1 unspecified atom stereocenters. The van der Waals surface area contributed by atoms with Gasteiger partial charge < -0.3 is 9.80 Å². The second-order valence-corrected chi connectivity index (χ2v) is 8.57. The molecule has 3 aromatic rings. The maximum absolute atomic E-state index is 13.9. The van der Waals surface area contributed by atoms with Crippen LogP contribution < -0.4 is 4.90 Å². The van der Waals surface area contributed by atoms with Gasteiger partial charge >= 0.3 is 6.18 Å². The lowest BCUT2D eigenvalue weighted by molar-refractivity contribution is -0.138. The number of aromatic nitrogens is 3. The minimum Gasteiger partial charge on any atom is -0.368 e. The third-order valence-electron chi connectivity index (χ3n) is 6.79. The number of aromatic amines is 1. The molecule has 172 valence electrons. The van der Waals surface area contributed by atoms with E-state index in [4.69, 9.17) is 0 Å². The molecule has 1 saturated heterocycles. The van der Waals surface area contributed by atoms with Crippen LogP contribution in [0.2, 0.25) is 0 Å². The first-order valence-corrected chi connectivity index (χ1v) is 11.0. The van der Waals surface area contributed by atoms with Crippen LogP contribution in [-0.2, 0) is 23.8 Å². The van der Waals surface area contributed by atoms with Crippen molar-refractivity contribution in [3.63, 3.8) is 0 Å². The number of nitrogens with one attached hydrogen (secondary N) is 1. The number of amides is 1. The number of nitrogens with zero attached hydrogens (tertiary/aromatic N) is 4. The number of halogens is 3. The van der Waals surface area contributed by atoms with Crippen molar-refractivity contribution in [1.82, 2.24) is 20.1 Å². The predicted molar refractivity (Wildman–Crippen MR) is 119 cm³/mol. The van der Waals surface area contributed by atoms with E-state index in [-0.39, 0.29) is 11.8 Å².